The van der Waals surface area contributed by atoms with E-state index < -0.39 is 4.92 Å². The zero-order valence-corrected chi connectivity index (χ0v) is 12.1. The topological polar surface area (TPSA) is 82.2 Å². The molecule has 0 aliphatic heterocycles. The van der Waals surface area contributed by atoms with E-state index in [1.807, 2.05) is 24.7 Å². The summed E-state index contributed by atoms with van der Waals surface area (Å²) in [4.78, 5) is 14.7. The van der Waals surface area contributed by atoms with Crippen molar-refractivity contribution in [1.29, 1.82) is 0 Å². The van der Waals surface area contributed by atoms with Crippen LogP contribution in [0.5, 0.6) is 5.75 Å². The number of hydrogen-bond donors (Lipinski definition) is 1. The minimum atomic E-state index is -0.437. The lowest BCUT2D eigenvalue weighted by Gasteiger charge is -2.10. The molecule has 7 nitrogen and oxygen atoms in total. The van der Waals surface area contributed by atoms with Gasteiger partial charge in [-0.1, -0.05) is 6.92 Å². The van der Waals surface area contributed by atoms with Crippen LogP contribution in [0.4, 0.5) is 11.4 Å². The number of aryl methyl sites for hydroxylation is 1. The van der Waals surface area contributed by atoms with Gasteiger partial charge in [0.25, 0.3) is 0 Å². The number of imidazole rings is 1. The molecule has 0 radical (unpaired) electrons. The summed E-state index contributed by atoms with van der Waals surface area (Å²) in [6.07, 6.45) is 4.38. The smallest absolute Gasteiger partial charge is 0.311 e. The van der Waals surface area contributed by atoms with Gasteiger partial charge in [-0.3, -0.25) is 10.1 Å². The SMILES string of the molecule is CCCOc1cc(NCc2nccn2C)ccc1[N+](=O)[O-]. The summed E-state index contributed by atoms with van der Waals surface area (Å²) < 4.78 is 7.36. The molecule has 1 aromatic heterocycles. The third-order valence-corrected chi connectivity index (χ3v) is 2.99. The first kappa shape index (κ1) is 14.8. The molecule has 0 fully saturated rings. The molecular weight excluding hydrogens is 272 g/mol. The summed E-state index contributed by atoms with van der Waals surface area (Å²) in [6, 6.07) is 4.77. The summed E-state index contributed by atoms with van der Waals surface area (Å²) in [6.45, 7) is 2.94. The minimum Gasteiger partial charge on any atom is -0.487 e. The van der Waals surface area contributed by atoms with Crippen molar-refractivity contribution in [3.63, 3.8) is 0 Å². The van der Waals surface area contributed by atoms with E-state index in [0.29, 0.717) is 13.2 Å². The Labute approximate surface area is 122 Å². The van der Waals surface area contributed by atoms with E-state index in [4.69, 9.17) is 4.74 Å². The zero-order valence-electron chi connectivity index (χ0n) is 12.1. The van der Waals surface area contributed by atoms with Gasteiger partial charge >= 0.3 is 5.69 Å². The van der Waals surface area contributed by atoms with Crippen molar-refractivity contribution in [2.45, 2.75) is 19.9 Å². The van der Waals surface area contributed by atoms with Crippen molar-refractivity contribution in [2.24, 2.45) is 7.05 Å². The molecule has 0 saturated carbocycles. The molecule has 0 amide bonds. The van der Waals surface area contributed by atoms with Crippen molar-refractivity contribution in [2.75, 3.05) is 11.9 Å². The van der Waals surface area contributed by atoms with E-state index in [1.165, 1.54) is 6.07 Å². The Bertz CT molecular complexity index is 624. The molecule has 2 aromatic rings. The Morgan fingerprint density at radius 1 is 1.48 bits per heavy atom. The monoisotopic (exact) mass is 290 g/mol. The van der Waals surface area contributed by atoms with E-state index in [-0.39, 0.29) is 11.4 Å². The lowest BCUT2D eigenvalue weighted by atomic mass is 10.2. The number of aromatic nitrogens is 2. The molecular formula is C14H18N4O3. The van der Waals surface area contributed by atoms with Crippen molar-refractivity contribution < 1.29 is 9.66 Å². The molecule has 0 aliphatic rings. The van der Waals surface area contributed by atoms with E-state index in [1.54, 1.807) is 18.3 Å². The van der Waals surface area contributed by atoms with Gasteiger partial charge in [0.05, 0.1) is 18.1 Å². The molecule has 1 heterocycles. The molecule has 2 rings (SSSR count). The highest BCUT2D eigenvalue weighted by atomic mass is 16.6. The molecule has 21 heavy (non-hydrogen) atoms. The molecule has 7 heteroatoms. The Balaban J connectivity index is 2.13. The highest BCUT2D eigenvalue weighted by Gasteiger charge is 2.15. The lowest BCUT2D eigenvalue weighted by molar-refractivity contribution is -0.385. The van der Waals surface area contributed by atoms with Crippen LogP contribution in [0.1, 0.15) is 19.2 Å². The minimum absolute atomic E-state index is 0.0222. The van der Waals surface area contributed by atoms with Crippen LogP contribution in [-0.2, 0) is 13.6 Å². The van der Waals surface area contributed by atoms with Crippen molar-refractivity contribution in [3.05, 3.63) is 46.5 Å². The predicted molar refractivity (Wildman–Crippen MR) is 79.4 cm³/mol. The largest absolute Gasteiger partial charge is 0.487 e. The van der Waals surface area contributed by atoms with Crippen LogP contribution in [0.3, 0.4) is 0 Å². The Hall–Kier alpha value is -2.57. The molecule has 0 aliphatic carbocycles. The Morgan fingerprint density at radius 3 is 2.90 bits per heavy atom. The Kier molecular flexibility index (Phi) is 4.76. The van der Waals surface area contributed by atoms with Gasteiger partial charge in [-0.05, 0) is 12.5 Å². The average Bonchev–Trinajstić information content (AvgIpc) is 2.88. The van der Waals surface area contributed by atoms with Gasteiger partial charge in [0.2, 0.25) is 0 Å². The lowest BCUT2D eigenvalue weighted by Crippen LogP contribution is -2.06. The third-order valence-electron chi connectivity index (χ3n) is 2.99. The fourth-order valence-electron chi connectivity index (χ4n) is 1.85. The number of ether oxygens (including phenoxy) is 1. The van der Waals surface area contributed by atoms with E-state index in [9.17, 15) is 10.1 Å². The van der Waals surface area contributed by atoms with Crippen LogP contribution < -0.4 is 10.1 Å². The number of anilines is 1. The van der Waals surface area contributed by atoms with Gasteiger partial charge in [-0.25, -0.2) is 4.98 Å². The number of benzene rings is 1. The zero-order chi connectivity index (χ0) is 15.2. The number of nitro benzene ring substituents is 1. The maximum absolute atomic E-state index is 11.0. The van der Waals surface area contributed by atoms with Crippen LogP contribution in [0.15, 0.2) is 30.6 Å². The number of rotatable bonds is 7. The van der Waals surface area contributed by atoms with Crippen LogP contribution in [0, 0.1) is 10.1 Å². The first-order chi connectivity index (χ1) is 10.1. The van der Waals surface area contributed by atoms with Crippen molar-refractivity contribution >= 4 is 11.4 Å². The van der Waals surface area contributed by atoms with Gasteiger partial charge in [0.15, 0.2) is 5.75 Å². The normalized spacial score (nSPS) is 10.4. The quantitative estimate of drug-likeness (QED) is 0.626. The maximum Gasteiger partial charge on any atom is 0.311 e. The maximum atomic E-state index is 11.0. The molecule has 0 saturated heterocycles. The first-order valence-corrected chi connectivity index (χ1v) is 6.73. The van der Waals surface area contributed by atoms with Crippen LogP contribution >= 0.6 is 0 Å². The van der Waals surface area contributed by atoms with E-state index in [2.05, 4.69) is 10.3 Å². The van der Waals surface area contributed by atoms with Crippen LogP contribution in [-0.4, -0.2) is 21.1 Å². The second-order valence-electron chi connectivity index (χ2n) is 4.60. The molecule has 0 unspecified atom stereocenters. The molecule has 0 atom stereocenters. The summed E-state index contributed by atoms with van der Waals surface area (Å²) in [5.74, 6) is 1.16. The summed E-state index contributed by atoms with van der Waals surface area (Å²) in [5.41, 5.74) is 0.737. The predicted octanol–water partition coefficient (Wildman–Crippen LogP) is 2.73. The van der Waals surface area contributed by atoms with Crippen LogP contribution in [0.2, 0.25) is 0 Å². The summed E-state index contributed by atoms with van der Waals surface area (Å²) in [5, 5.41) is 14.2. The average molecular weight is 290 g/mol. The van der Waals surface area contributed by atoms with Crippen molar-refractivity contribution in [3.8, 4) is 5.75 Å². The first-order valence-electron chi connectivity index (χ1n) is 6.73. The van der Waals surface area contributed by atoms with Crippen molar-refractivity contribution in [1.82, 2.24) is 9.55 Å². The molecule has 0 spiro atoms. The van der Waals surface area contributed by atoms with Gasteiger partial charge in [-0.2, -0.15) is 0 Å². The van der Waals surface area contributed by atoms with Gasteiger partial charge in [-0.15, -0.1) is 0 Å². The molecule has 1 N–H and O–H groups in total. The number of nitrogens with one attached hydrogen (secondary N) is 1. The van der Waals surface area contributed by atoms with Gasteiger partial charge in [0, 0.05) is 37.3 Å². The fraction of sp³-hybridized carbons (Fsp3) is 0.357. The van der Waals surface area contributed by atoms with Gasteiger partial charge < -0.3 is 14.6 Å². The molecule has 112 valence electrons. The summed E-state index contributed by atoms with van der Waals surface area (Å²) in [7, 11) is 1.91. The highest BCUT2D eigenvalue weighted by Crippen LogP contribution is 2.30. The van der Waals surface area contributed by atoms with Crippen LogP contribution in [0.25, 0.3) is 0 Å². The van der Waals surface area contributed by atoms with Gasteiger partial charge in [0.1, 0.15) is 5.82 Å². The molecule has 1 aromatic carbocycles. The van der Waals surface area contributed by atoms with E-state index in [0.717, 1.165) is 17.9 Å². The second kappa shape index (κ2) is 6.74. The molecule has 0 bridgehead atoms. The highest BCUT2D eigenvalue weighted by molar-refractivity contribution is 5.58. The fourth-order valence-corrected chi connectivity index (χ4v) is 1.85. The number of hydrogen-bond acceptors (Lipinski definition) is 5. The number of nitro groups is 1. The van der Waals surface area contributed by atoms with E-state index >= 15 is 0 Å². The number of nitrogens with zero attached hydrogens (tertiary/aromatic N) is 3. The third kappa shape index (κ3) is 3.71. The standard InChI is InChI=1S/C14H18N4O3/c1-3-8-21-13-9-11(4-5-12(13)18(19)20)16-10-14-15-6-7-17(14)2/h4-7,9,16H,3,8,10H2,1-2H3. The second-order valence-corrected chi connectivity index (χ2v) is 4.60. The summed E-state index contributed by atoms with van der Waals surface area (Å²) >= 11 is 0. The Morgan fingerprint density at radius 2 is 2.29 bits per heavy atom.